The average molecular weight is 407 g/mol. The summed E-state index contributed by atoms with van der Waals surface area (Å²) in [6.45, 7) is 4.51. The Morgan fingerprint density at radius 2 is 1.67 bits per heavy atom. The predicted octanol–water partition coefficient (Wildman–Crippen LogP) is 3.23. The Kier molecular flexibility index (Phi) is 5.72. The first kappa shape index (κ1) is 20.0. The SMILES string of the molecule is CC(Oc1ccccc1)C(=O)Nc1c(C(=O)N2CCN(C)CC2)oc2ccccc12. The molecule has 2 aromatic carbocycles. The van der Waals surface area contributed by atoms with Crippen molar-refractivity contribution >= 4 is 28.5 Å². The van der Waals surface area contributed by atoms with Crippen LogP contribution in [-0.4, -0.2) is 60.9 Å². The van der Waals surface area contributed by atoms with Gasteiger partial charge < -0.3 is 24.3 Å². The number of nitrogens with one attached hydrogen (secondary N) is 1. The van der Waals surface area contributed by atoms with Gasteiger partial charge in [0.2, 0.25) is 5.76 Å². The van der Waals surface area contributed by atoms with E-state index in [1.165, 1.54) is 0 Å². The van der Waals surface area contributed by atoms with E-state index in [4.69, 9.17) is 9.15 Å². The maximum atomic E-state index is 13.2. The molecule has 1 atom stereocenters. The van der Waals surface area contributed by atoms with Gasteiger partial charge in [-0.2, -0.15) is 0 Å². The quantitative estimate of drug-likeness (QED) is 0.703. The molecule has 7 heteroatoms. The van der Waals surface area contributed by atoms with E-state index >= 15 is 0 Å². The molecule has 1 aliphatic heterocycles. The number of hydrogen-bond acceptors (Lipinski definition) is 5. The molecule has 156 valence electrons. The second-order valence-electron chi connectivity index (χ2n) is 7.46. The summed E-state index contributed by atoms with van der Waals surface area (Å²) in [5, 5.41) is 3.56. The Hall–Kier alpha value is -3.32. The number of fused-ring (bicyclic) bond motifs is 1. The standard InChI is InChI=1S/C23H25N3O4/c1-16(29-17-8-4-3-5-9-17)22(27)24-20-18-10-6-7-11-19(18)30-21(20)23(28)26-14-12-25(2)13-15-26/h3-11,16H,12-15H2,1-2H3,(H,24,27). The van der Waals surface area contributed by atoms with Crippen LogP contribution in [0.25, 0.3) is 11.0 Å². The van der Waals surface area contributed by atoms with E-state index in [1.54, 1.807) is 30.0 Å². The van der Waals surface area contributed by atoms with Crippen molar-refractivity contribution in [1.29, 1.82) is 0 Å². The third kappa shape index (κ3) is 4.16. The van der Waals surface area contributed by atoms with Gasteiger partial charge in [-0.3, -0.25) is 9.59 Å². The van der Waals surface area contributed by atoms with Crippen LogP contribution in [0.1, 0.15) is 17.5 Å². The summed E-state index contributed by atoms with van der Waals surface area (Å²) in [5.74, 6) is 0.191. The third-order valence-electron chi connectivity index (χ3n) is 5.25. The van der Waals surface area contributed by atoms with Crippen LogP contribution in [0, 0.1) is 0 Å². The van der Waals surface area contributed by atoms with Gasteiger partial charge in [0.1, 0.15) is 17.0 Å². The Labute approximate surface area is 175 Å². The minimum Gasteiger partial charge on any atom is -0.481 e. The molecule has 2 heterocycles. The van der Waals surface area contributed by atoms with E-state index in [0.29, 0.717) is 35.5 Å². The molecule has 1 fully saturated rings. The van der Waals surface area contributed by atoms with Crippen molar-refractivity contribution in [1.82, 2.24) is 9.80 Å². The first-order chi connectivity index (χ1) is 14.5. The fourth-order valence-electron chi connectivity index (χ4n) is 3.45. The second kappa shape index (κ2) is 8.59. The Morgan fingerprint density at radius 3 is 2.40 bits per heavy atom. The Balaban J connectivity index is 1.58. The van der Waals surface area contributed by atoms with Gasteiger partial charge in [0.05, 0.1) is 0 Å². The maximum Gasteiger partial charge on any atom is 0.291 e. The number of ether oxygens (including phenoxy) is 1. The van der Waals surface area contributed by atoms with Gasteiger partial charge in [0, 0.05) is 31.6 Å². The molecule has 0 spiro atoms. The van der Waals surface area contributed by atoms with E-state index in [-0.39, 0.29) is 17.6 Å². The topological polar surface area (TPSA) is 75.0 Å². The van der Waals surface area contributed by atoms with Gasteiger partial charge in [-0.05, 0) is 38.2 Å². The molecule has 1 unspecified atom stereocenters. The first-order valence-corrected chi connectivity index (χ1v) is 10.0. The number of nitrogens with zero attached hydrogens (tertiary/aromatic N) is 2. The third-order valence-corrected chi connectivity index (χ3v) is 5.25. The molecule has 4 rings (SSSR count). The minimum absolute atomic E-state index is 0.154. The lowest BCUT2D eigenvalue weighted by Crippen LogP contribution is -2.47. The van der Waals surface area contributed by atoms with Crippen LogP contribution < -0.4 is 10.1 Å². The van der Waals surface area contributed by atoms with E-state index < -0.39 is 6.10 Å². The normalized spacial score (nSPS) is 15.7. The van der Waals surface area contributed by atoms with Crippen molar-refractivity contribution in [2.75, 3.05) is 38.5 Å². The summed E-state index contributed by atoms with van der Waals surface area (Å²) in [6.07, 6.45) is -0.743. The molecular formula is C23H25N3O4. The predicted molar refractivity (Wildman–Crippen MR) is 115 cm³/mol. The highest BCUT2D eigenvalue weighted by Gasteiger charge is 2.29. The van der Waals surface area contributed by atoms with Crippen LogP contribution in [0.4, 0.5) is 5.69 Å². The summed E-state index contributed by atoms with van der Waals surface area (Å²) in [7, 11) is 2.03. The second-order valence-corrected chi connectivity index (χ2v) is 7.46. The van der Waals surface area contributed by atoms with E-state index in [1.807, 2.05) is 43.4 Å². The van der Waals surface area contributed by atoms with Gasteiger partial charge in [0.15, 0.2) is 6.10 Å². The number of rotatable bonds is 5. The lowest BCUT2D eigenvalue weighted by Gasteiger charge is -2.32. The smallest absolute Gasteiger partial charge is 0.291 e. The largest absolute Gasteiger partial charge is 0.481 e. The highest BCUT2D eigenvalue weighted by Crippen LogP contribution is 2.32. The van der Waals surface area contributed by atoms with Crippen LogP contribution in [0.5, 0.6) is 5.75 Å². The molecule has 2 amide bonds. The zero-order chi connectivity index (χ0) is 21.1. The summed E-state index contributed by atoms with van der Waals surface area (Å²) < 4.78 is 11.6. The number of amides is 2. The van der Waals surface area contributed by atoms with Crippen LogP contribution in [0.2, 0.25) is 0 Å². The van der Waals surface area contributed by atoms with Gasteiger partial charge in [-0.25, -0.2) is 0 Å². The van der Waals surface area contributed by atoms with Crippen LogP contribution in [-0.2, 0) is 4.79 Å². The highest BCUT2D eigenvalue weighted by atomic mass is 16.5. The van der Waals surface area contributed by atoms with Crippen LogP contribution in [0.3, 0.4) is 0 Å². The van der Waals surface area contributed by atoms with Gasteiger partial charge in [-0.1, -0.05) is 30.3 Å². The molecule has 1 aliphatic rings. The number of hydrogen-bond donors (Lipinski definition) is 1. The number of furan rings is 1. The zero-order valence-corrected chi connectivity index (χ0v) is 17.1. The van der Waals surface area contributed by atoms with E-state index in [0.717, 1.165) is 13.1 Å². The van der Waals surface area contributed by atoms with Gasteiger partial charge in [0.25, 0.3) is 11.8 Å². The molecule has 0 bridgehead atoms. The molecule has 30 heavy (non-hydrogen) atoms. The van der Waals surface area contributed by atoms with Crippen LogP contribution in [0.15, 0.2) is 59.0 Å². The van der Waals surface area contributed by atoms with Crippen molar-refractivity contribution < 1.29 is 18.7 Å². The summed E-state index contributed by atoms with van der Waals surface area (Å²) in [5.41, 5.74) is 0.949. The Morgan fingerprint density at radius 1 is 1.00 bits per heavy atom. The molecule has 3 aromatic rings. The number of anilines is 1. The van der Waals surface area contributed by atoms with Crippen molar-refractivity contribution in [2.45, 2.75) is 13.0 Å². The molecule has 1 N–H and O–H groups in total. The molecule has 0 radical (unpaired) electrons. The molecule has 1 saturated heterocycles. The zero-order valence-electron chi connectivity index (χ0n) is 17.1. The fourth-order valence-corrected chi connectivity index (χ4v) is 3.45. The highest BCUT2D eigenvalue weighted by molar-refractivity contribution is 6.11. The van der Waals surface area contributed by atoms with E-state index in [2.05, 4.69) is 10.2 Å². The van der Waals surface area contributed by atoms with Crippen molar-refractivity contribution in [3.05, 3.63) is 60.4 Å². The monoisotopic (exact) mass is 407 g/mol. The maximum absolute atomic E-state index is 13.2. The Bertz CT molecular complexity index is 1040. The fraction of sp³-hybridized carbons (Fsp3) is 0.304. The minimum atomic E-state index is -0.743. The van der Waals surface area contributed by atoms with E-state index in [9.17, 15) is 9.59 Å². The van der Waals surface area contributed by atoms with Crippen molar-refractivity contribution in [3.8, 4) is 5.75 Å². The first-order valence-electron chi connectivity index (χ1n) is 10.0. The van der Waals surface area contributed by atoms with Crippen LogP contribution >= 0.6 is 0 Å². The van der Waals surface area contributed by atoms with Crippen molar-refractivity contribution in [2.24, 2.45) is 0 Å². The summed E-state index contributed by atoms with van der Waals surface area (Å²) in [6, 6.07) is 16.5. The molecule has 0 saturated carbocycles. The summed E-state index contributed by atoms with van der Waals surface area (Å²) >= 11 is 0. The molecule has 7 nitrogen and oxygen atoms in total. The lowest BCUT2D eigenvalue weighted by atomic mass is 10.2. The number of benzene rings is 2. The number of carbonyl (C=O) groups is 2. The lowest BCUT2D eigenvalue weighted by molar-refractivity contribution is -0.122. The number of carbonyl (C=O) groups excluding carboxylic acids is 2. The average Bonchev–Trinajstić information content (AvgIpc) is 3.13. The molecular weight excluding hydrogens is 382 g/mol. The molecule has 0 aliphatic carbocycles. The number of likely N-dealkylation sites (N-methyl/N-ethyl adjacent to an activating group) is 1. The molecule has 1 aromatic heterocycles. The van der Waals surface area contributed by atoms with Crippen molar-refractivity contribution in [3.63, 3.8) is 0 Å². The number of piperazine rings is 1. The van der Waals surface area contributed by atoms with Gasteiger partial charge >= 0.3 is 0 Å². The number of para-hydroxylation sites is 2. The van der Waals surface area contributed by atoms with Gasteiger partial charge in [-0.15, -0.1) is 0 Å². The summed E-state index contributed by atoms with van der Waals surface area (Å²) in [4.78, 5) is 29.9.